The van der Waals surface area contributed by atoms with E-state index < -0.39 is 6.43 Å². The number of alkyl halides is 2. The minimum absolute atomic E-state index is 0.0707. The zero-order valence-corrected chi connectivity index (χ0v) is 11.7. The molecular weight excluding hydrogens is 260 g/mol. The van der Waals surface area contributed by atoms with Gasteiger partial charge in [-0.3, -0.25) is 0 Å². The molecule has 0 spiro atoms. The van der Waals surface area contributed by atoms with Crippen LogP contribution in [0.5, 0.6) is 0 Å². The lowest BCUT2D eigenvalue weighted by atomic mass is 9.79. The highest BCUT2D eigenvalue weighted by molar-refractivity contribution is 5.23. The first-order valence-corrected chi connectivity index (χ1v) is 7.39. The predicted octanol–water partition coefficient (Wildman–Crippen LogP) is 3.51. The van der Waals surface area contributed by atoms with Crippen LogP contribution in [0.25, 0.3) is 0 Å². The summed E-state index contributed by atoms with van der Waals surface area (Å²) in [6.07, 6.45) is 2.35. The Balaban J connectivity index is 1.77. The van der Waals surface area contributed by atoms with E-state index in [1.54, 1.807) is 12.1 Å². The monoisotopic (exact) mass is 283 g/mol. The molecule has 0 aromatic heterocycles. The van der Waals surface area contributed by atoms with Crippen LogP contribution in [0.2, 0.25) is 0 Å². The summed E-state index contributed by atoms with van der Waals surface area (Å²) in [6.45, 7) is 1.86. The second kappa shape index (κ2) is 7.70. The standard InChI is InChI=1S/C16H23F2NO/c17-16(18)13-7-5-12(6-8-13)9-19-10-14-3-1-2-4-15(14)11-20/h5-8,14-16,19-20H,1-4,9-11H2. The van der Waals surface area contributed by atoms with Gasteiger partial charge in [-0.1, -0.05) is 37.1 Å². The maximum atomic E-state index is 12.4. The molecule has 1 aliphatic rings. The van der Waals surface area contributed by atoms with Crippen LogP contribution < -0.4 is 5.32 Å². The number of halogens is 2. The van der Waals surface area contributed by atoms with Gasteiger partial charge in [0.05, 0.1) is 0 Å². The van der Waals surface area contributed by atoms with Gasteiger partial charge in [-0.15, -0.1) is 0 Å². The van der Waals surface area contributed by atoms with Gasteiger partial charge >= 0.3 is 0 Å². The van der Waals surface area contributed by atoms with Gasteiger partial charge in [-0.25, -0.2) is 8.78 Å². The van der Waals surface area contributed by atoms with Crippen molar-refractivity contribution >= 4 is 0 Å². The first kappa shape index (κ1) is 15.4. The van der Waals surface area contributed by atoms with Gasteiger partial charge in [-0.2, -0.15) is 0 Å². The molecule has 20 heavy (non-hydrogen) atoms. The quantitative estimate of drug-likeness (QED) is 0.837. The van der Waals surface area contributed by atoms with Gasteiger partial charge in [0, 0.05) is 18.7 Å². The van der Waals surface area contributed by atoms with Crippen molar-refractivity contribution in [3.05, 3.63) is 35.4 Å². The van der Waals surface area contributed by atoms with Crippen LogP contribution in [0.3, 0.4) is 0 Å². The number of aliphatic hydroxyl groups excluding tert-OH is 1. The SMILES string of the molecule is OCC1CCCCC1CNCc1ccc(C(F)F)cc1. The molecule has 1 aliphatic carbocycles. The van der Waals surface area contributed by atoms with Gasteiger partial charge in [0.2, 0.25) is 0 Å². The molecule has 4 heteroatoms. The van der Waals surface area contributed by atoms with Crippen LogP contribution in [0.15, 0.2) is 24.3 Å². The number of nitrogens with one attached hydrogen (secondary N) is 1. The van der Waals surface area contributed by atoms with Crippen molar-refractivity contribution in [2.75, 3.05) is 13.2 Å². The van der Waals surface area contributed by atoms with E-state index in [2.05, 4.69) is 5.32 Å². The van der Waals surface area contributed by atoms with Crippen molar-refractivity contribution in [3.63, 3.8) is 0 Å². The molecule has 2 rings (SSSR count). The fraction of sp³-hybridized carbons (Fsp3) is 0.625. The highest BCUT2D eigenvalue weighted by Gasteiger charge is 2.23. The zero-order chi connectivity index (χ0) is 14.4. The Morgan fingerprint density at radius 1 is 1.10 bits per heavy atom. The normalized spacial score (nSPS) is 23.2. The zero-order valence-electron chi connectivity index (χ0n) is 11.7. The molecule has 1 saturated carbocycles. The molecule has 2 N–H and O–H groups in total. The average molecular weight is 283 g/mol. The average Bonchev–Trinajstić information content (AvgIpc) is 2.48. The maximum absolute atomic E-state index is 12.4. The Morgan fingerprint density at radius 3 is 2.35 bits per heavy atom. The smallest absolute Gasteiger partial charge is 0.263 e. The van der Waals surface area contributed by atoms with E-state index in [0.29, 0.717) is 18.4 Å². The first-order valence-electron chi connectivity index (χ1n) is 7.39. The molecule has 1 aromatic rings. The van der Waals surface area contributed by atoms with E-state index in [4.69, 9.17) is 0 Å². The van der Waals surface area contributed by atoms with E-state index in [0.717, 1.165) is 18.5 Å². The molecule has 0 bridgehead atoms. The molecule has 0 amide bonds. The van der Waals surface area contributed by atoms with Gasteiger partial charge in [0.1, 0.15) is 0 Å². The van der Waals surface area contributed by atoms with Gasteiger partial charge in [0.25, 0.3) is 6.43 Å². The number of hydrogen-bond acceptors (Lipinski definition) is 2. The third kappa shape index (κ3) is 4.25. The topological polar surface area (TPSA) is 32.3 Å². The minimum Gasteiger partial charge on any atom is -0.396 e. The van der Waals surface area contributed by atoms with E-state index in [-0.39, 0.29) is 12.2 Å². The van der Waals surface area contributed by atoms with Gasteiger partial charge < -0.3 is 10.4 Å². The van der Waals surface area contributed by atoms with Crippen molar-refractivity contribution in [1.29, 1.82) is 0 Å². The molecular formula is C16H23F2NO. The van der Waals surface area contributed by atoms with Crippen LogP contribution in [-0.4, -0.2) is 18.3 Å². The van der Waals surface area contributed by atoms with Crippen LogP contribution in [0, 0.1) is 11.8 Å². The van der Waals surface area contributed by atoms with E-state index in [1.807, 2.05) is 0 Å². The lowest BCUT2D eigenvalue weighted by Crippen LogP contribution is -2.32. The number of rotatable bonds is 6. The molecule has 112 valence electrons. The number of aliphatic hydroxyl groups is 1. The fourth-order valence-electron chi connectivity index (χ4n) is 2.98. The second-order valence-corrected chi connectivity index (χ2v) is 5.66. The Bertz CT molecular complexity index is 394. The van der Waals surface area contributed by atoms with E-state index in [9.17, 15) is 13.9 Å². The molecule has 1 aromatic carbocycles. The molecule has 2 nitrogen and oxygen atoms in total. The van der Waals surface area contributed by atoms with Crippen molar-refractivity contribution in [3.8, 4) is 0 Å². The summed E-state index contributed by atoms with van der Waals surface area (Å²) in [4.78, 5) is 0. The summed E-state index contributed by atoms with van der Waals surface area (Å²) >= 11 is 0. The molecule has 0 saturated heterocycles. The number of hydrogen-bond donors (Lipinski definition) is 2. The van der Waals surface area contributed by atoms with Gasteiger partial charge in [-0.05, 0) is 36.8 Å². The predicted molar refractivity (Wildman–Crippen MR) is 75.6 cm³/mol. The molecule has 0 radical (unpaired) electrons. The minimum atomic E-state index is -2.40. The Labute approximate surface area is 119 Å². The van der Waals surface area contributed by atoms with Crippen LogP contribution >= 0.6 is 0 Å². The maximum Gasteiger partial charge on any atom is 0.263 e. The third-order valence-electron chi connectivity index (χ3n) is 4.27. The summed E-state index contributed by atoms with van der Waals surface area (Å²) in [5.74, 6) is 0.951. The Morgan fingerprint density at radius 2 is 1.75 bits per heavy atom. The van der Waals surface area contributed by atoms with Crippen molar-refractivity contribution in [1.82, 2.24) is 5.32 Å². The van der Waals surface area contributed by atoms with Crippen LogP contribution in [-0.2, 0) is 6.54 Å². The fourth-order valence-corrected chi connectivity index (χ4v) is 2.98. The molecule has 0 aliphatic heterocycles. The molecule has 0 heterocycles. The van der Waals surface area contributed by atoms with Crippen molar-refractivity contribution in [2.24, 2.45) is 11.8 Å². The van der Waals surface area contributed by atoms with Crippen molar-refractivity contribution in [2.45, 2.75) is 38.7 Å². The Hall–Kier alpha value is -1.00. The van der Waals surface area contributed by atoms with Gasteiger partial charge in [0.15, 0.2) is 0 Å². The molecule has 2 atom stereocenters. The molecule has 1 fully saturated rings. The van der Waals surface area contributed by atoms with Crippen LogP contribution in [0.4, 0.5) is 8.78 Å². The summed E-state index contributed by atoms with van der Waals surface area (Å²) < 4.78 is 24.9. The molecule has 2 unspecified atom stereocenters. The Kier molecular flexibility index (Phi) is 5.92. The second-order valence-electron chi connectivity index (χ2n) is 5.66. The lowest BCUT2D eigenvalue weighted by molar-refractivity contribution is 0.133. The van der Waals surface area contributed by atoms with Crippen LogP contribution in [0.1, 0.15) is 43.2 Å². The third-order valence-corrected chi connectivity index (χ3v) is 4.27. The van der Waals surface area contributed by atoms with E-state index in [1.165, 1.54) is 31.4 Å². The number of benzene rings is 1. The summed E-state index contributed by atoms with van der Waals surface area (Å²) in [7, 11) is 0. The van der Waals surface area contributed by atoms with E-state index >= 15 is 0 Å². The summed E-state index contributed by atoms with van der Waals surface area (Å²) in [5.41, 5.74) is 1.09. The highest BCUT2D eigenvalue weighted by Crippen LogP contribution is 2.29. The first-order chi connectivity index (χ1) is 9.70. The van der Waals surface area contributed by atoms with Crippen molar-refractivity contribution < 1.29 is 13.9 Å². The largest absolute Gasteiger partial charge is 0.396 e. The summed E-state index contributed by atoms with van der Waals surface area (Å²) in [5, 5.41) is 12.7. The summed E-state index contributed by atoms with van der Waals surface area (Å²) in [6, 6.07) is 6.47. The lowest BCUT2D eigenvalue weighted by Gasteiger charge is -2.30. The highest BCUT2D eigenvalue weighted by atomic mass is 19.3.